The van der Waals surface area contributed by atoms with Gasteiger partial charge in [0.15, 0.2) is 16.9 Å². The van der Waals surface area contributed by atoms with E-state index in [0.717, 1.165) is 233 Å². The number of piperazine rings is 3. The molecule has 7 aliphatic rings. The molecule has 5 aliphatic heterocycles. The maximum Gasteiger partial charge on any atom is 0.345 e. The molecular weight excluding hydrogens is 1630 g/mol. The van der Waals surface area contributed by atoms with Crippen LogP contribution in [-0.4, -0.2) is 211 Å². The molecule has 658 valence electrons. The van der Waals surface area contributed by atoms with Crippen LogP contribution in [0, 0.1) is 55.4 Å². The second kappa shape index (κ2) is 35.5. The second-order valence-electron chi connectivity index (χ2n) is 35.6. The lowest BCUT2D eigenvalue weighted by atomic mass is 9.85. The zero-order valence-corrected chi connectivity index (χ0v) is 75.0. The number of hydrogen-bond acceptors (Lipinski definition) is 25. The van der Waals surface area contributed by atoms with Crippen molar-refractivity contribution in [2.24, 2.45) is 0 Å². The highest BCUT2D eigenvalue weighted by Crippen LogP contribution is 2.39. The summed E-state index contributed by atoms with van der Waals surface area (Å²) in [7, 11) is 1.74. The molecule has 28 heteroatoms. The summed E-state index contributed by atoms with van der Waals surface area (Å²) in [6.07, 6.45) is 21.9. The average Bonchev–Trinajstić information content (AvgIpc) is 1.67. The third-order valence-electron chi connectivity index (χ3n) is 27.1. The molecular formula is C100H107N17O10S. The summed E-state index contributed by atoms with van der Waals surface area (Å²) in [5.41, 5.74) is 19.0. The van der Waals surface area contributed by atoms with E-state index >= 15 is 0 Å². The van der Waals surface area contributed by atoms with E-state index in [0.29, 0.717) is 73.6 Å². The van der Waals surface area contributed by atoms with Crippen LogP contribution in [0.4, 0.5) is 17.1 Å². The van der Waals surface area contributed by atoms with Gasteiger partial charge in [0.25, 0.3) is 0 Å². The first-order valence-corrected chi connectivity index (χ1v) is 45.9. The number of aromatic nitrogens is 10. The molecule has 128 heavy (non-hydrogen) atoms. The Labute approximate surface area is 743 Å². The van der Waals surface area contributed by atoms with Crippen LogP contribution in [-0.2, 0) is 9.47 Å². The van der Waals surface area contributed by atoms with Gasteiger partial charge in [-0.25, -0.2) is 34.1 Å². The fourth-order valence-electron chi connectivity index (χ4n) is 19.4. The van der Waals surface area contributed by atoms with Gasteiger partial charge in [-0.15, -0.1) is 11.3 Å². The Morgan fingerprint density at radius 1 is 0.375 bits per heavy atom. The Kier molecular flexibility index (Phi) is 23.3. The van der Waals surface area contributed by atoms with E-state index in [4.69, 9.17) is 27.1 Å². The Morgan fingerprint density at radius 3 is 1.16 bits per heavy atom. The Hall–Kier alpha value is -12.2. The number of methoxy groups -OCH3 is 1. The van der Waals surface area contributed by atoms with Crippen LogP contribution in [0.3, 0.4) is 0 Å². The number of benzene rings is 4. The van der Waals surface area contributed by atoms with Crippen molar-refractivity contribution < 1.29 is 27.1 Å². The number of nitrogens with zero attached hydrogens (tertiary/aromatic N) is 17. The van der Waals surface area contributed by atoms with Gasteiger partial charge in [0.1, 0.15) is 22.3 Å². The number of rotatable bonds is 14. The minimum Gasteiger partial charge on any atom is -0.422 e. The highest BCUT2D eigenvalue weighted by molar-refractivity contribution is 7.22. The first-order valence-electron chi connectivity index (χ1n) is 45.1. The van der Waals surface area contributed by atoms with Crippen LogP contribution in [0.5, 0.6) is 0 Å². The van der Waals surface area contributed by atoms with Crippen LogP contribution in [0.15, 0.2) is 183 Å². The number of ether oxygens (including phenoxy) is 2. The van der Waals surface area contributed by atoms with Gasteiger partial charge in [-0.1, -0.05) is 25.0 Å². The minimum atomic E-state index is -0.379. The molecule has 27 nitrogen and oxygen atoms in total. The molecule has 0 unspecified atom stereocenters. The number of hydrogen-bond donors (Lipinski definition) is 0. The van der Waals surface area contributed by atoms with Crippen molar-refractivity contribution in [3.05, 3.63) is 239 Å². The maximum atomic E-state index is 12.9. The van der Waals surface area contributed by atoms with Gasteiger partial charge >= 0.3 is 22.5 Å². The zero-order chi connectivity index (χ0) is 87.7. The monoisotopic (exact) mass is 1740 g/mol. The molecule has 17 heterocycles. The van der Waals surface area contributed by atoms with Crippen molar-refractivity contribution in [1.29, 1.82) is 0 Å². The van der Waals surface area contributed by atoms with E-state index in [1.54, 1.807) is 18.4 Å². The highest BCUT2D eigenvalue weighted by Gasteiger charge is 2.33. The Morgan fingerprint density at radius 2 is 0.758 bits per heavy atom. The first-order chi connectivity index (χ1) is 62.2. The number of piperidine rings is 1. The van der Waals surface area contributed by atoms with Crippen LogP contribution < -0.4 is 37.2 Å². The first kappa shape index (κ1) is 84.0. The van der Waals surface area contributed by atoms with Crippen molar-refractivity contribution in [2.45, 2.75) is 131 Å². The molecule has 4 aromatic carbocycles. The van der Waals surface area contributed by atoms with E-state index in [-0.39, 0.29) is 22.5 Å². The Balaban J connectivity index is 0.000000107. The van der Waals surface area contributed by atoms with Gasteiger partial charge in [-0.3, -0.25) is 34.6 Å². The number of pyridine rings is 1. The van der Waals surface area contributed by atoms with Gasteiger partial charge in [0.2, 0.25) is 0 Å². The molecule has 2 aliphatic carbocycles. The molecule has 7 fully saturated rings. The van der Waals surface area contributed by atoms with Gasteiger partial charge in [-0.2, -0.15) is 0 Å². The summed E-state index contributed by atoms with van der Waals surface area (Å²) in [6.45, 7) is 33.5. The molecule has 0 bridgehead atoms. The van der Waals surface area contributed by atoms with Crippen LogP contribution >= 0.6 is 11.3 Å². The fourth-order valence-corrected chi connectivity index (χ4v) is 20.6. The standard InChI is InChI=1S/C26H28N4O2.C25H27N5O2.C25H27N3O3S.C24H25N5O3/c1-16-14-30-15-23(28-25(30)17(2)27-16)22-12-20-7-6-19(13-24(20)32-26(22)31)18-8-10-29(11-9-18)21-4-3-5-21;1-16-14-30-15-22(27-24(30)17(2)26-16)21-12-18-6-7-20(13-23(18)32-25(21)31)29-10-8-28(9-11-29)19-4-3-5-19;1-16-12-23-20(17(2)26-16)15-24(32-23)21-13-18-4-5-19(14-22(18)31-25(21)29)28-8-6-27(7-9-28)10-11-30-3;1-15-11-29-12-21(26-23(29)16(2)25-15)20-9-17-3-4-18(10-22(17)32-24(20)30)27-5-7-28(8-6-27)19-13-31-14-19/h6-7,12-15,18,21H,3-5,8-11H2,1-2H3;6-7,12-15,19H,3-5,8-11H2,1-2H3;4-5,12-15H,6-11H2,1-3H3;3-4,9-12,19H,5-8,13-14H2,1-2H3. The van der Waals surface area contributed by atoms with Crippen molar-refractivity contribution in [3.63, 3.8) is 0 Å². The molecule has 5 saturated heterocycles. The van der Waals surface area contributed by atoms with Crippen molar-refractivity contribution >= 4 is 99.3 Å². The van der Waals surface area contributed by atoms with Crippen molar-refractivity contribution in [2.75, 3.05) is 140 Å². The lowest BCUT2D eigenvalue weighted by Gasteiger charge is -2.43. The molecule has 0 atom stereocenters. The third-order valence-corrected chi connectivity index (χ3v) is 28.2. The zero-order valence-electron chi connectivity index (χ0n) is 74.1. The summed E-state index contributed by atoms with van der Waals surface area (Å²) >= 11 is 1.61. The number of thiophene rings is 1. The lowest BCUT2D eigenvalue weighted by Crippen LogP contribution is -2.56. The summed E-state index contributed by atoms with van der Waals surface area (Å²) in [6, 6.07) is 38.8. The fraction of sp³-hybridized carbons (Fsp3) is 0.390. The van der Waals surface area contributed by atoms with Crippen LogP contribution in [0.1, 0.15) is 108 Å². The smallest absolute Gasteiger partial charge is 0.345 e. The molecule has 12 aromatic heterocycles. The summed E-state index contributed by atoms with van der Waals surface area (Å²) in [5.74, 6) is 0.540. The van der Waals surface area contributed by atoms with Gasteiger partial charge in [0, 0.05) is 225 Å². The lowest BCUT2D eigenvalue weighted by molar-refractivity contribution is -0.0660. The predicted molar refractivity (Wildman–Crippen MR) is 504 cm³/mol. The van der Waals surface area contributed by atoms with Crippen molar-refractivity contribution in [3.8, 4) is 44.2 Å². The molecule has 16 aromatic rings. The van der Waals surface area contributed by atoms with E-state index in [1.165, 1.54) is 70.0 Å². The molecule has 0 radical (unpaired) electrons. The van der Waals surface area contributed by atoms with Crippen LogP contribution in [0.2, 0.25) is 0 Å². The molecule has 0 N–H and O–H groups in total. The maximum absolute atomic E-state index is 12.9. The van der Waals surface area contributed by atoms with Crippen LogP contribution in [0.25, 0.3) is 115 Å². The van der Waals surface area contributed by atoms with E-state index < -0.39 is 0 Å². The van der Waals surface area contributed by atoms with Crippen molar-refractivity contribution in [1.82, 2.24) is 67.7 Å². The third kappa shape index (κ3) is 17.3. The van der Waals surface area contributed by atoms with E-state index in [9.17, 15) is 19.2 Å². The minimum absolute atomic E-state index is 0.298. The average molecular weight is 1740 g/mol. The molecule has 0 spiro atoms. The normalized spacial score (nSPS) is 17.3. The van der Waals surface area contributed by atoms with Gasteiger partial charge in [0.05, 0.1) is 99.4 Å². The van der Waals surface area contributed by atoms with E-state index in [2.05, 4.69) is 124 Å². The van der Waals surface area contributed by atoms with E-state index in [1.807, 2.05) is 160 Å². The summed E-state index contributed by atoms with van der Waals surface area (Å²) < 4.78 is 40.5. The Bertz CT molecular complexity index is 6660. The number of anilines is 3. The topological polar surface area (TPSA) is 265 Å². The molecule has 23 rings (SSSR count). The highest BCUT2D eigenvalue weighted by atomic mass is 32.1. The van der Waals surface area contributed by atoms with Gasteiger partial charge < -0.3 is 59.9 Å². The quantitative estimate of drug-likeness (QED) is 0.0916. The number of likely N-dealkylation sites (tertiary alicyclic amines) is 1. The number of imidazole rings is 3. The van der Waals surface area contributed by atoms with Gasteiger partial charge in [-0.05, 0) is 197 Å². The summed E-state index contributed by atoms with van der Waals surface area (Å²) in [5, 5.41) is 4.75. The second-order valence-corrected chi connectivity index (χ2v) is 36.7. The number of aryl methyl sites for hydroxylation is 8. The summed E-state index contributed by atoms with van der Waals surface area (Å²) in [4.78, 5) is 102. The molecule has 0 amide bonds. The largest absolute Gasteiger partial charge is 0.422 e. The predicted octanol–water partition coefficient (Wildman–Crippen LogP) is 15.7. The molecule has 2 saturated carbocycles. The SMILES string of the molecule is COCCN1CCN(c2ccc3cc(-c4cc5c(C)nc(C)cc5s4)c(=O)oc3c2)CC1.Cc1cn2cc(-c3cc4ccc(C5CCN(C6CCC6)CC5)cc4oc3=O)nc2c(C)n1.Cc1cn2cc(-c3cc4ccc(N5CCN(C6CCC6)CC5)cc4oc3=O)nc2c(C)n1.Cc1cn2cc(-c3cc4ccc(N5CCN(C6COC6)CC5)cc4oc3=O)nc2c(C)n1. The number of fused-ring (bicyclic) bond motifs is 8.